The van der Waals surface area contributed by atoms with Crippen LogP contribution in [0.5, 0.6) is 0 Å². The number of anilines is 3. The monoisotopic (exact) mass is 350 g/mol. The molecule has 0 saturated carbocycles. The standard InChI is InChI=1S/C18H18N6S/c1-12-20-11-16(25-12)15-10-21-18-17(19-7-8-24(15)18)22-13-5-4-6-14(9-13)23(2)3/h4-11H,1-3H3,(H,19,22). The minimum Gasteiger partial charge on any atom is -0.378 e. The van der Waals surface area contributed by atoms with Crippen molar-refractivity contribution in [3.63, 3.8) is 0 Å². The zero-order valence-corrected chi connectivity index (χ0v) is 15.1. The number of fused-ring (bicyclic) bond motifs is 1. The minimum atomic E-state index is 0.728. The SMILES string of the molecule is Cc1ncc(-c2cnc3c(Nc4cccc(N(C)C)c4)nccn23)s1. The van der Waals surface area contributed by atoms with E-state index < -0.39 is 0 Å². The van der Waals surface area contributed by atoms with E-state index in [1.54, 1.807) is 17.5 Å². The number of hydrogen-bond donors (Lipinski definition) is 1. The molecule has 7 heteroatoms. The molecule has 1 aromatic carbocycles. The Morgan fingerprint density at radius 2 is 2.00 bits per heavy atom. The molecular formula is C18H18N6S. The van der Waals surface area contributed by atoms with Gasteiger partial charge in [-0.15, -0.1) is 11.3 Å². The normalized spacial score (nSPS) is 11.0. The van der Waals surface area contributed by atoms with Crippen molar-refractivity contribution in [3.8, 4) is 10.6 Å². The highest BCUT2D eigenvalue weighted by Gasteiger charge is 2.12. The number of nitrogens with zero attached hydrogens (tertiary/aromatic N) is 5. The zero-order valence-electron chi connectivity index (χ0n) is 14.3. The van der Waals surface area contributed by atoms with Gasteiger partial charge in [-0.3, -0.25) is 4.40 Å². The van der Waals surface area contributed by atoms with Crippen molar-refractivity contribution in [2.75, 3.05) is 24.3 Å². The smallest absolute Gasteiger partial charge is 0.180 e. The van der Waals surface area contributed by atoms with E-state index in [1.807, 2.05) is 56.1 Å². The third-order valence-corrected chi connectivity index (χ3v) is 4.86. The summed E-state index contributed by atoms with van der Waals surface area (Å²) in [6.45, 7) is 2.00. The van der Waals surface area contributed by atoms with Gasteiger partial charge in [0.2, 0.25) is 0 Å². The molecule has 4 aromatic rings. The van der Waals surface area contributed by atoms with Gasteiger partial charge >= 0.3 is 0 Å². The Labute approximate surface area is 149 Å². The summed E-state index contributed by atoms with van der Waals surface area (Å²) >= 11 is 1.66. The Kier molecular flexibility index (Phi) is 3.85. The lowest BCUT2D eigenvalue weighted by Crippen LogP contribution is -2.08. The predicted molar refractivity (Wildman–Crippen MR) is 103 cm³/mol. The summed E-state index contributed by atoms with van der Waals surface area (Å²) in [5, 5.41) is 4.42. The van der Waals surface area contributed by atoms with Crippen molar-refractivity contribution in [1.82, 2.24) is 19.4 Å². The fourth-order valence-electron chi connectivity index (χ4n) is 2.67. The highest BCUT2D eigenvalue weighted by Crippen LogP contribution is 2.29. The maximum atomic E-state index is 4.56. The van der Waals surface area contributed by atoms with Crippen molar-refractivity contribution in [3.05, 3.63) is 54.1 Å². The van der Waals surface area contributed by atoms with Crippen molar-refractivity contribution in [2.24, 2.45) is 0 Å². The Balaban J connectivity index is 1.74. The van der Waals surface area contributed by atoms with Crippen LogP contribution in [0.4, 0.5) is 17.2 Å². The summed E-state index contributed by atoms with van der Waals surface area (Å²) in [4.78, 5) is 16.5. The van der Waals surface area contributed by atoms with Crippen molar-refractivity contribution < 1.29 is 0 Å². The second-order valence-corrected chi connectivity index (χ2v) is 7.16. The Morgan fingerprint density at radius 3 is 2.76 bits per heavy atom. The second kappa shape index (κ2) is 6.18. The molecule has 4 rings (SSSR count). The van der Waals surface area contributed by atoms with E-state index in [0.717, 1.165) is 38.4 Å². The van der Waals surface area contributed by atoms with Crippen molar-refractivity contribution in [2.45, 2.75) is 6.92 Å². The summed E-state index contributed by atoms with van der Waals surface area (Å²) in [7, 11) is 4.05. The molecule has 0 fully saturated rings. The van der Waals surface area contributed by atoms with Crippen molar-refractivity contribution >= 4 is 34.2 Å². The first-order valence-corrected chi connectivity index (χ1v) is 8.73. The van der Waals surface area contributed by atoms with E-state index in [0.29, 0.717) is 0 Å². The topological polar surface area (TPSA) is 58.4 Å². The summed E-state index contributed by atoms with van der Waals surface area (Å²) in [5.41, 5.74) is 3.91. The highest BCUT2D eigenvalue weighted by molar-refractivity contribution is 7.15. The fraction of sp³-hybridized carbons (Fsp3) is 0.167. The Morgan fingerprint density at radius 1 is 1.12 bits per heavy atom. The third-order valence-electron chi connectivity index (χ3n) is 3.93. The van der Waals surface area contributed by atoms with E-state index in [1.165, 1.54) is 0 Å². The molecule has 1 N–H and O–H groups in total. The number of rotatable bonds is 4. The number of hydrogen-bond acceptors (Lipinski definition) is 6. The van der Waals surface area contributed by atoms with Crippen molar-refractivity contribution in [1.29, 1.82) is 0 Å². The van der Waals surface area contributed by atoms with E-state index in [9.17, 15) is 0 Å². The molecule has 6 nitrogen and oxygen atoms in total. The number of benzene rings is 1. The van der Waals surface area contributed by atoms with E-state index >= 15 is 0 Å². The van der Waals surface area contributed by atoms with Crippen LogP contribution in [0.3, 0.4) is 0 Å². The van der Waals surface area contributed by atoms with Gasteiger partial charge in [0.05, 0.1) is 21.8 Å². The molecule has 0 aliphatic rings. The van der Waals surface area contributed by atoms with Gasteiger partial charge in [-0.2, -0.15) is 0 Å². The van der Waals surface area contributed by atoms with Crippen LogP contribution in [0, 0.1) is 6.92 Å². The first kappa shape index (κ1) is 15.6. The van der Waals surface area contributed by atoms with Gasteiger partial charge in [-0.05, 0) is 25.1 Å². The van der Waals surface area contributed by atoms with Gasteiger partial charge in [0.25, 0.3) is 0 Å². The van der Waals surface area contributed by atoms with Gasteiger partial charge in [0.1, 0.15) is 0 Å². The molecule has 0 aliphatic carbocycles. The first-order valence-electron chi connectivity index (χ1n) is 7.91. The van der Waals surface area contributed by atoms with Crippen LogP contribution >= 0.6 is 11.3 Å². The average Bonchev–Trinajstić information content (AvgIpc) is 3.21. The molecule has 0 saturated heterocycles. The van der Waals surface area contributed by atoms with Gasteiger partial charge in [0, 0.05) is 44.1 Å². The number of aryl methyl sites for hydroxylation is 1. The molecule has 0 atom stereocenters. The molecule has 0 amide bonds. The maximum absolute atomic E-state index is 4.56. The molecule has 3 aromatic heterocycles. The summed E-state index contributed by atoms with van der Waals surface area (Å²) in [6, 6.07) is 8.20. The van der Waals surface area contributed by atoms with Crippen LogP contribution in [-0.4, -0.2) is 33.4 Å². The van der Waals surface area contributed by atoms with E-state index in [2.05, 4.69) is 37.3 Å². The number of thiazole rings is 1. The summed E-state index contributed by atoms with van der Waals surface area (Å²) in [6.07, 6.45) is 7.46. The Bertz CT molecular complexity index is 1030. The molecule has 0 radical (unpaired) electrons. The van der Waals surface area contributed by atoms with E-state index in [-0.39, 0.29) is 0 Å². The first-order chi connectivity index (χ1) is 12.1. The van der Waals surface area contributed by atoms with Crippen LogP contribution in [0.1, 0.15) is 5.01 Å². The molecule has 0 unspecified atom stereocenters. The lowest BCUT2D eigenvalue weighted by molar-refractivity contribution is 1.12. The number of nitrogens with one attached hydrogen (secondary N) is 1. The molecule has 0 aliphatic heterocycles. The second-order valence-electron chi connectivity index (χ2n) is 5.93. The van der Waals surface area contributed by atoms with Crippen LogP contribution in [0.25, 0.3) is 16.2 Å². The largest absolute Gasteiger partial charge is 0.378 e. The summed E-state index contributed by atoms with van der Waals surface area (Å²) < 4.78 is 2.04. The maximum Gasteiger partial charge on any atom is 0.180 e. The predicted octanol–water partition coefficient (Wildman–Crippen LogP) is 3.97. The fourth-order valence-corrected chi connectivity index (χ4v) is 3.45. The quantitative estimate of drug-likeness (QED) is 0.603. The van der Waals surface area contributed by atoms with Crippen LogP contribution in [0.2, 0.25) is 0 Å². The molecular weight excluding hydrogens is 332 g/mol. The molecule has 0 spiro atoms. The van der Waals surface area contributed by atoms with Gasteiger partial charge in [0.15, 0.2) is 11.5 Å². The van der Waals surface area contributed by atoms with Crippen LogP contribution in [-0.2, 0) is 0 Å². The average molecular weight is 350 g/mol. The molecule has 0 bridgehead atoms. The summed E-state index contributed by atoms with van der Waals surface area (Å²) in [5.74, 6) is 0.728. The van der Waals surface area contributed by atoms with Gasteiger partial charge in [-0.25, -0.2) is 15.0 Å². The Hall–Kier alpha value is -2.93. The number of imidazole rings is 1. The lowest BCUT2D eigenvalue weighted by Gasteiger charge is -2.14. The number of aromatic nitrogens is 4. The van der Waals surface area contributed by atoms with Gasteiger partial charge < -0.3 is 10.2 Å². The molecule has 3 heterocycles. The molecule has 25 heavy (non-hydrogen) atoms. The minimum absolute atomic E-state index is 0.728. The van der Waals surface area contributed by atoms with E-state index in [4.69, 9.17) is 0 Å². The highest BCUT2D eigenvalue weighted by atomic mass is 32.1. The van der Waals surface area contributed by atoms with Gasteiger partial charge in [-0.1, -0.05) is 6.07 Å². The zero-order chi connectivity index (χ0) is 17.4. The molecule has 126 valence electrons. The van der Waals surface area contributed by atoms with Crippen LogP contribution < -0.4 is 10.2 Å². The third kappa shape index (κ3) is 2.94. The lowest BCUT2D eigenvalue weighted by atomic mass is 10.2. The van der Waals surface area contributed by atoms with Crippen LogP contribution in [0.15, 0.2) is 49.1 Å².